The van der Waals surface area contributed by atoms with E-state index in [0.29, 0.717) is 17.2 Å². The van der Waals surface area contributed by atoms with Gasteiger partial charge in [0.15, 0.2) is 0 Å². The number of rotatable bonds is 2. The van der Waals surface area contributed by atoms with Crippen molar-refractivity contribution in [3.05, 3.63) is 54.1 Å². The number of carbonyl (C=O) groups excluding carboxylic acids is 2. The first-order valence-electron chi connectivity index (χ1n) is 8.18. The Hall–Kier alpha value is -3.02. The van der Waals surface area contributed by atoms with Crippen LogP contribution in [0.2, 0.25) is 0 Å². The van der Waals surface area contributed by atoms with E-state index < -0.39 is 12.1 Å². The summed E-state index contributed by atoms with van der Waals surface area (Å²) in [5.74, 6) is 0.101. The number of aliphatic imine (C=N–C) groups is 2. The number of anilines is 1. The second-order valence-corrected chi connectivity index (χ2v) is 6.27. The summed E-state index contributed by atoms with van der Waals surface area (Å²) in [5, 5.41) is 2.75. The molecule has 1 aromatic rings. The number of benzene rings is 1. The van der Waals surface area contributed by atoms with Gasteiger partial charge >= 0.3 is 12.1 Å². The molecule has 3 rings (SSSR count). The van der Waals surface area contributed by atoms with E-state index in [0.717, 1.165) is 5.56 Å². The summed E-state index contributed by atoms with van der Waals surface area (Å²) in [5.41, 5.74) is 2.31. The fraction of sp³-hybridized carbons (Fsp3) is 0.263. The third-order valence-electron chi connectivity index (χ3n) is 3.96. The van der Waals surface area contributed by atoms with Crippen molar-refractivity contribution in [3.8, 4) is 0 Å². The number of carbonyl (C=O) groups is 2. The minimum atomic E-state index is -0.511. The van der Waals surface area contributed by atoms with E-state index >= 15 is 0 Å². The maximum atomic E-state index is 12.4. The van der Waals surface area contributed by atoms with E-state index in [2.05, 4.69) is 15.3 Å². The van der Waals surface area contributed by atoms with E-state index in [4.69, 9.17) is 0 Å². The molecule has 128 valence electrons. The molecule has 1 atom stereocenters. The maximum absolute atomic E-state index is 12.4. The van der Waals surface area contributed by atoms with Gasteiger partial charge in [-0.15, -0.1) is 0 Å². The highest BCUT2D eigenvalue weighted by molar-refractivity contribution is 6.24. The minimum absolute atomic E-state index is 0.150. The molecule has 0 spiro atoms. The molecule has 2 aliphatic rings. The summed E-state index contributed by atoms with van der Waals surface area (Å²) in [6.07, 6.45) is 7.34. The van der Waals surface area contributed by atoms with Gasteiger partial charge in [0.25, 0.3) is 0 Å². The summed E-state index contributed by atoms with van der Waals surface area (Å²) >= 11 is 0. The third-order valence-corrected chi connectivity index (χ3v) is 3.96. The van der Waals surface area contributed by atoms with Gasteiger partial charge in [-0.3, -0.25) is 4.90 Å². The summed E-state index contributed by atoms with van der Waals surface area (Å²) in [6.45, 7) is 5.69. The largest absolute Gasteiger partial charge is 0.349 e. The highest BCUT2D eigenvalue weighted by Gasteiger charge is 2.35. The van der Waals surface area contributed by atoms with Gasteiger partial charge in [-0.05, 0) is 44.5 Å². The van der Waals surface area contributed by atoms with E-state index in [1.165, 1.54) is 4.90 Å². The van der Waals surface area contributed by atoms with Gasteiger partial charge in [-0.2, -0.15) is 9.98 Å². The van der Waals surface area contributed by atoms with Gasteiger partial charge in [-0.25, -0.2) is 9.59 Å². The topological polar surface area (TPSA) is 74.1 Å². The average molecular weight is 336 g/mol. The van der Waals surface area contributed by atoms with Gasteiger partial charge in [0, 0.05) is 11.7 Å². The number of nitrogens with zero attached hydrogens (tertiary/aromatic N) is 3. The second kappa shape index (κ2) is 6.84. The van der Waals surface area contributed by atoms with Crippen LogP contribution in [-0.4, -0.2) is 34.6 Å². The maximum Gasteiger partial charge on any atom is 0.349 e. The van der Waals surface area contributed by atoms with Crippen molar-refractivity contribution in [1.82, 2.24) is 4.90 Å². The van der Waals surface area contributed by atoms with Crippen molar-refractivity contribution in [2.75, 3.05) is 5.32 Å². The van der Waals surface area contributed by atoms with Crippen molar-refractivity contribution < 1.29 is 9.59 Å². The van der Waals surface area contributed by atoms with E-state index in [1.807, 2.05) is 57.2 Å². The Morgan fingerprint density at radius 1 is 1.32 bits per heavy atom. The van der Waals surface area contributed by atoms with Gasteiger partial charge in [0.05, 0.1) is 11.6 Å². The minimum Gasteiger partial charge on any atom is -0.306 e. The molecule has 0 aromatic heterocycles. The standard InChI is InChI=1S/C19H20N4O2/c1-12(2)23-17(15-9-4-5-10-16(15)21-19(23)25)22-18(24)20-14-8-6-7-13(3)11-14/h4-12,15H,1-3H3,(H,20,24)/b22-17+. The molecule has 0 saturated heterocycles. The fourth-order valence-corrected chi connectivity index (χ4v) is 2.86. The fourth-order valence-electron chi connectivity index (χ4n) is 2.86. The Kier molecular flexibility index (Phi) is 4.61. The van der Waals surface area contributed by atoms with Crippen molar-refractivity contribution in [3.63, 3.8) is 0 Å². The zero-order valence-corrected chi connectivity index (χ0v) is 14.4. The lowest BCUT2D eigenvalue weighted by atomic mass is 9.94. The number of urea groups is 2. The van der Waals surface area contributed by atoms with Crippen LogP contribution in [0.15, 0.2) is 58.6 Å². The monoisotopic (exact) mass is 336 g/mol. The highest BCUT2D eigenvalue weighted by Crippen LogP contribution is 2.23. The molecule has 0 saturated carbocycles. The summed E-state index contributed by atoms with van der Waals surface area (Å²) in [4.78, 5) is 34.6. The van der Waals surface area contributed by atoms with Gasteiger partial charge in [-0.1, -0.05) is 30.4 Å². The predicted octanol–water partition coefficient (Wildman–Crippen LogP) is 3.95. The molecular weight excluding hydrogens is 316 g/mol. The van der Waals surface area contributed by atoms with E-state index in [1.54, 1.807) is 12.1 Å². The molecule has 4 amide bonds. The van der Waals surface area contributed by atoms with Crippen LogP contribution >= 0.6 is 0 Å². The van der Waals surface area contributed by atoms with Crippen LogP contribution in [0.1, 0.15) is 19.4 Å². The highest BCUT2D eigenvalue weighted by atomic mass is 16.2. The molecule has 1 aromatic carbocycles. The normalized spacial score (nSPS) is 20.7. The number of fused-ring (bicyclic) bond motifs is 1. The van der Waals surface area contributed by atoms with Crippen LogP contribution in [-0.2, 0) is 0 Å². The first-order chi connectivity index (χ1) is 12.0. The number of nitrogens with one attached hydrogen (secondary N) is 1. The van der Waals surface area contributed by atoms with Crippen LogP contribution in [0.4, 0.5) is 15.3 Å². The molecule has 0 radical (unpaired) electrons. The zero-order chi connectivity index (χ0) is 18.0. The van der Waals surface area contributed by atoms with Crippen LogP contribution in [0.25, 0.3) is 0 Å². The van der Waals surface area contributed by atoms with Gasteiger partial charge in [0.1, 0.15) is 5.84 Å². The van der Waals surface area contributed by atoms with Crippen LogP contribution < -0.4 is 5.32 Å². The number of hydrogen-bond acceptors (Lipinski definition) is 2. The Morgan fingerprint density at radius 3 is 2.84 bits per heavy atom. The lowest BCUT2D eigenvalue weighted by Gasteiger charge is -2.34. The third kappa shape index (κ3) is 3.57. The Bertz CT molecular complexity index is 834. The van der Waals surface area contributed by atoms with Gasteiger partial charge in [0.2, 0.25) is 0 Å². The molecular formula is C19H20N4O2. The Balaban J connectivity index is 1.93. The average Bonchev–Trinajstić information content (AvgIpc) is 2.54. The van der Waals surface area contributed by atoms with E-state index in [9.17, 15) is 9.59 Å². The molecule has 1 aliphatic carbocycles. The molecule has 6 nitrogen and oxygen atoms in total. The van der Waals surface area contributed by atoms with E-state index in [-0.39, 0.29) is 12.0 Å². The number of amides is 4. The second-order valence-electron chi connectivity index (χ2n) is 6.27. The Morgan fingerprint density at radius 2 is 2.12 bits per heavy atom. The van der Waals surface area contributed by atoms with Crippen molar-refractivity contribution >= 4 is 29.3 Å². The van der Waals surface area contributed by atoms with Crippen molar-refractivity contribution in [1.29, 1.82) is 0 Å². The molecule has 6 heteroatoms. The van der Waals surface area contributed by atoms with Crippen LogP contribution in [0.5, 0.6) is 0 Å². The molecule has 25 heavy (non-hydrogen) atoms. The molecule has 1 unspecified atom stereocenters. The lowest BCUT2D eigenvalue weighted by Crippen LogP contribution is -2.49. The first kappa shape index (κ1) is 16.8. The smallest absolute Gasteiger partial charge is 0.306 e. The first-order valence-corrected chi connectivity index (χ1v) is 8.18. The number of amidine groups is 1. The van der Waals surface area contributed by atoms with Gasteiger partial charge < -0.3 is 5.32 Å². The SMILES string of the molecule is Cc1cccc(NC(=O)/N=C2\C3C=CC=CC3=NC(=O)N2C(C)C)c1. The van der Waals surface area contributed by atoms with Crippen molar-refractivity contribution in [2.24, 2.45) is 15.9 Å². The number of aryl methyl sites for hydroxylation is 1. The Labute approximate surface area is 146 Å². The van der Waals surface area contributed by atoms with Crippen molar-refractivity contribution in [2.45, 2.75) is 26.8 Å². The predicted molar refractivity (Wildman–Crippen MR) is 99.2 cm³/mol. The number of allylic oxidation sites excluding steroid dienone is 3. The summed E-state index contributed by atoms with van der Waals surface area (Å²) < 4.78 is 0. The number of hydrogen-bond donors (Lipinski definition) is 1. The van der Waals surface area contributed by atoms with Crippen LogP contribution in [0.3, 0.4) is 0 Å². The molecule has 0 fully saturated rings. The molecule has 1 heterocycles. The molecule has 1 N–H and O–H groups in total. The summed E-state index contributed by atoms with van der Waals surface area (Å²) in [7, 11) is 0. The molecule has 1 aliphatic heterocycles. The lowest BCUT2D eigenvalue weighted by molar-refractivity contribution is 0.220. The zero-order valence-electron chi connectivity index (χ0n) is 14.4. The summed E-state index contributed by atoms with van der Waals surface area (Å²) in [6, 6.07) is 6.41. The van der Waals surface area contributed by atoms with Crippen LogP contribution in [0, 0.1) is 12.8 Å². The quantitative estimate of drug-likeness (QED) is 0.888. The molecule has 0 bridgehead atoms.